The van der Waals surface area contributed by atoms with Crippen molar-refractivity contribution < 1.29 is 9.47 Å². The normalized spacial score (nSPS) is 13.2. The number of anilines is 2. The third-order valence-electron chi connectivity index (χ3n) is 3.81. The number of rotatable bonds is 3. The van der Waals surface area contributed by atoms with Crippen molar-refractivity contribution in [2.24, 2.45) is 0 Å². The monoisotopic (exact) mass is 304 g/mol. The molecule has 5 heteroatoms. The van der Waals surface area contributed by atoms with Gasteiger partial charge >= 0.3 is 0 Å². The molecular formula is C16H17ClN2O2. The van der Waals surface area contributed by atoms with Gasteiger partial charge in [-0.05, 0) is 23.3 Å². The van der Waals surface area contributed by atoms with Crippen LogP contribution in [-0.2, 0) is 13.1 Å². The lowest BCUT2D eigenvalue weighted by Crippen LogP contribution is -2.15. The minimum atomic E-state index is 0.567. The van der Waals surface area contributed by atoms with Crippen LogP contribution in [-0.4, -0.2) is 14.2 Å². The molecule has 3 rings (SSSR count). The number of nitrogens with two attached hydrogens (primary N) is 1. The molecule has 0 unspecified atom stereocenters. The molecule has 21 heavy (non-hydrogen) atoms. The number of fused-ring (bicyclic) bond motifs is 1. The molecule has 2 aromatic carbocycles. The van der Waals surface area contributed by atoms with Gasteiger partial charge in [0.15, 0.2) is 0 Å². The lowest BCUT2D eigenvalue weighted by atomic mass is 10.1. The molecule has 2 aromatic rings. The summed E-state index contributed by atoms with van der Waals surface area (Å²) in [6.45, 7) is 1.54. The second-order valence-electron chi connectivity index (χ2n) is 5.00. The second-order valence-corrected chi connectivity index (χ2v) is 5.41. The minimum Gasteiger partial charge on any atom is -0.495 e. The highest BCUT2D eigenvalue weighted by molar-refractivity contribution is 6.32. The van der Waals surface area contributed by atoms with Crippen molar-refractivity contribution in [3.05, 3.63) is 46.5 Å². The zero-order chi connectivity index (χ0) is 15.0. The number of methoxy groups -OCH3 is 2. The van der Waals surface area contributed by atoms with Gasteiger partial charge in [0.2, 0.25) is 0 Å². The third kappa shape index (κ3) is 2.36. The van der Waals surface area contributed by atoms with Crippen molar-refractivity contribution in [2.45, 2.75) is 13.1 Å². The second kappa shape index (κ2) is 5.37. The van der Waals surface area contributed by atoms with E-state index in [2.05, 4.69) is 11.0 Å². The SMILES string of the molecule is COc1cc(OC)c(N2Cc3cccc(N)c3C2)cc1Cl. The fraction of sp³-hybridized carbons (Fsp3) is 0.250. The molecule has 0 aromatic heterocycles. The van der Waals surface area contributed by atoms with Crippen LogP contribution in [0.25, 0.3) is 0 Å². The summed E-state index contributed by atoms with van der Waals surface area (Å²) >= 11 is 6.25. The van der Waals surface area contributed by atoms with E-state index in [1.165, 1.54) is 11.1 Å². The molecule has 0 saturated carbocycles. The number of ether oxygens (including phenoxy) is 2. The minimum absolute atomic E-state index is 0.567. The summed E-state index contributed by atoms with van der Waals surface area (Å²) in [4.78, 5) is 2.20. The van der Waals surface area contributed by atoms with E-state index in [1.54, 1.807) is 14.2 Å². The van der Waals surface area contributed by atoms with E-state index in [9.17, 15) is 0 Å². The first kappa shape index (κ1) is 13.9. The maximum Gasteiger partial charge on any atom is 0.145 e. The molecule has 0 atom stereocenters. The molecule has 0 spiro atoms. The number of hydrogen-bond donors (Lipinski definition) is 1. The van der Waals surface area contributed by atoms with Gasteiger partial charge in [-0.2, -0.15) is 0 Å². The molecule has 110 valence electrons. The van der Waals surface area contributed by atoms with Gasteiger partial charge in [-0.3, -0.25) is 0 Å². The van der Waals surface area contributed by atoms with Gasteiger partial charge in [-0.15, -0.1) is 0 Å². The average molecular weight is 305 g/mol. The Labute approximate surface area is 129 Å². The maximum atomic E-state index is 6.25. The Morgan fingerprint density at radius 3 is 2.52 bits per heavy atom. The molecule has 0 radical (unpaired) electrons. The Balaban J connectivity index is 2.00. The van der Waals surface area contributed by atoms with Crippen LogP contribution in [0.1, 0.15) is 11.1 Å². The summed E-state index contributed by atoms with van der Waals surface area (Å²) in [5.74, 6) is 1.34. The van der Waals surface area contributed by atoms with E-state index >= 15 is 0 Å². The fourth-order valence-corrected chi connectivity index (χ4v) is 2.94. The van der Waals surface area contributed by atoms with Crippen molar-refractivity contribution >= 4 is 23.0 Å². The topological polar surface area (TPSA) is 47.7 Å². The lowest BCUT2D eigenvalue weighted by Gasteiger charge is -2.22. The van der Waals surface area contributed by atoms with E-state index in [0.717, 1.165) is 30.2 Å². The van der Waals surface area contributed by atoms with Crippen molar-refractivity contribution in [1.29, 1.82) is 0 Å². The smallest absolute Gasteiger partial charge is 0.145 e. The zero-order valence-corrected chi connectivity index (χ0v) is 12.8. The van der Waals surface area contributed by atoms with E-state index in [-0.39, 0.29) is 0 Å². The largest absolute Gasteiger partial charge is 0.495 e. The van der Waals surface area contributed by atoms with Gasteiger partial charge < -0.3 is 20.1 Å². The van der Waals surface area contributed by atoms with Crippen LogP contribution in [0.5, 0.6) is 11.5 Å². The van der Waals surface area contributed by atoms with Crippen molar-refractivity contribution in [3.63, 3.8) is 0 Å². The van der Waals surface area contributed by atoms with Crippen LogP contribution in [0.3, 0.4) is 0 Å². The molecule has 0 bridgehead atoms. The van der Waals surface area contributed by atoms with Gasteiger partial charge in [0.1, 0.15) is 11.5 Å². The van der Waals surface area contributed by atoms with Crippen molar-refractivity contribution in [2.75, 3.05) is 24.9 Å². The Morgan fingerprint density at radius 2 is 1.86 bits per heavy atom. The number of nitrogen functional groups attached to an aromatic ring is 1. The summed E-state index contributed by atoms with van der Waals surface area (Å²) in [5, 5.41) is 0.567. The number of nitrogens with zero attached hydrogens (tertiary/aromatic N) is 1. The standard InChI is InChI=1S/C16H17ClN2O2/c1-20-15-7-16(21-2)14(6-12(15)17)19-8-10-4-3-5-13(18)11(10)9-19/h3-7H,8-9,18H2,1-2H3. The molecule has 0 saturated heterocycles. The summed E-state index contributed by atoms with van der Waals surface area (Å²) in [6.07, 6.45) is 0. The molecular weight excluding hydrogens is 288 g/mol. The number of benzene rings is 2. The van der Waals surface area contributed by atoms with E-state index in [1.807, 2.05) is 24.3 Å². The summed E-state index contributed by atoms with van der Waals surface area (Å²) in [7, 11) is 3.23. The Hall–Kier alpha value is -2.07. The number of halogens is 1. The summed E-state index contributed by atoms with van der Waals surface area (Å²) < 4.78 is 10.7. The van der Waals surface area contributed by atoms with E-state index in [4.69, 9.17) is 26.8 Å². The van der Waals surface area contributed by atoms with E-state index < -0.39 is 0 Å². The van der Waals surface area contributed by atoms with Gasteiger partial charge in [0.25, 0.3) is 0 Å². The quantitative estimate of drug-likeness (QED) is 0.882. The highest BCUT2D eigenvalue weighted by Gasteiger charge is 2.24. The van der Waals surface area contributed by atoms with Crippen LogP contribution in [0.4, 0.5) is 11.4 Å². The van der Waals surface area contributed by atoms with Crippen LogP contribution in [0.15, 0.2) is 30.3 Å². The maximum absolute atomic E-state index is 6.25. The van der Waals surface area contributed by atoms with Gasteiger partial charge in [-0.1, -0.05) is 23.7 Å². The average Bonchev–Trinajstić information content (AvgIpc) is 2.92. The van der Waals surface area contributed by atoms with Crippen LogP contribution in [0, 0.1) is 0 Å². The molecule has 1 heterocycles. The molecule has 4 nitrogen and oxygen atoms in total. The first-order valence-corrected chi connectivity index (χ1v) is 7.04. The zero-order valence-electron chi connectivity index (χ0n) is 12.0. The molecule has 0 aliphatic carbocycles. The molecule has 2 N–H and O–H groups in total. The Bertz CT molecular complexity index is 688. The predicted molar refractivity (Wildman–Crippen MR) is 85.3 cm³/mol. The first-order chi connectivity index (χ1) is 10.1. The number of hydrogen-bond acceptors (Lipinski definition) is 4. The molecule has 0 fully saturated rings. The highest BCUT2D eigenvalue weighted by Crippen LogP contribution is 2.41. The van der Waals surface area contributed by atoms with E-state index in [0.29, 0.717) is 10.8 Å². The van der Waals surface area contributed by atoms with Crippen molar-refractivity contribution in [3.8, 4) is 11.5 Å². The fourth-order valence-electron chi connectivity index (χ4n) is 2.71. The van der Waals surface area contributed by atoms with Gasteiger partial charge in [0.05, 0.1) is 24.9 Å². The predicted octanol–water partition coefficient (Wildman–Crippen LogP) is 3.46. The Kier molecular flexibility index (Phi) is 3.55. The molecule has 1 aliphatic rings. The third-order valence-corrected chi connectivity index (χ3v) is 4.11. The van der Waals surface area contributed by atoms with Crippen LogP contribution >= 0.6 is 11.6 Å². The highest BCUT2D eigenvalue weighted by atomic mass is 35.5. The van der Waals surface area contributed by atoms with Gasteiger partial charge in [-0.25, -0.2) is 0 Å². The summed E-state index contributed by atoms with van der Waals surface area (Å²) in [5.41, 5.74) is 10.2. The lowest BCUT2D eigenvalue weighted by molar-refractivity contribution is 0.394. The van der Waals surface area contributed by atoms with Crippen molar-refractivity contribution in [1.82, 2.24) is 0 Å². The molecule has 0 amide bonds. The van der Waals surface area contributed by atoms with Crippen LogP contribution < -0.4 is 20.1 Å². The van der Waals surface area contributed by atoms with Gasteiger partial charge in [0, 0.05) is 24.8 Å². The summed E-state index contributed by atoms with van der Waals surface area (Å²) in [6, 6.07) is 9.70. The molecule has 1 aliphatic heterocycles. The Morgan fingerprint density at radius 1 is 1.10 bits per heavy atom. The first-order valence-electron chi connectivity index (χ1n) is 6.66. The van der Waals surface area contributed by atoms with Crippen LogP contribution in [0.2, 0.25) is 5.02 Å².